The van der Waals surface area contributed by atoms with Crippen LogP contribution in [0.15, 0.2) is 47.3 Å². The molecule has 206 valence electrons. The maximum absolute atomic E-state index is 13.3. The molecule has 0 bridgehead atoms. The Labute approximate surface area is 214 Å². The van der Waals surface area contributed by atoms with Crippen molar-refractivity contribution in [1.29, 1.82) is 0 Å². The van der Waals surface area contributed by atoms with Gasteiger partial charge >= 0.3 is 18.5 Å². The van der Waals surface area contributed by atoms with Crippen molar-refractivity contribution >= 4 is 26.7 Å². The average molecular weight is 561 g/mol. The number of hydrogen-bond acceptors (Lipinski definition) is 5. The van der Waals surface area contributed by atoms with E-state index in [9.17, 15) is 40.0 Å². The highest BCUT2D eigenvalue weighted by Crippen LogP contribution is 2.37. The number of Topliss-reactive ketones (excluding diaryl/α,β-unsaturated/α-hetero) is 1. The van der Waals surface area contributed by atoms with Crippen molar-refractivity contribution in [3.8, 4) is 11.4 Å². The summed E-state index contributed by atoms with van der Waals surface area (Å²) in [5.74, 6) is -0.618. The van der Waals surface area contributed by atoms with Crippen molar-refractivity contribution in [1.82, 2.24) is 9.13 Å². The van der Waals surface area contributed by atoms with Crippen molar-refractivity contribution in [3.63, 3.8) is 0 Å². The molecule has 0 N–H and O–H groups in total. The monoisotopic (exact) mass is 560 g/mol. The molecule has 0 radical (unpaired) electrons. The molecule has 1 saturated heterocycles. The van der Waals surface area contributed by atoms with Crippen LogP contribution in [0.1, 0.15) is 43.0 Å². The minimum absolute atomic E-state index is 0.0238. The fourth-order valence-electron chi connectivity index (χ4n) is 4.63. The first-order valence-corrected chi connectivity index (χ1v) is 13.6. The fourth-order valence-corrected chi connectivity index (χ4v) is 6.44. The summed E-state index contributed by atoms with van der Waals surface area (Å²) in [5, 5.41) is 0. The molecular weight excluding hydrogens is 535 g/mol. The summed E-state index contributed by atoms with van der Waals surface area (Å²) in [6.07, 6.45) is -5.19. The van der Waals surface area contributed by atoms with E-state index < -0.39 is 46.7 Å². The van der Waals surface area contributed by atoms with Gasteiger partial charge in [0.1, 0.15) is 15.6 Å². The van der Waals surface area contributed by atoms with Crippen LogP contribution in [0.3, 0.4) is 0 Å². The quantitative estimate of drug-likeness (QED) is 0.282. The van der Waals surface area contributed by atoms with E-state index in [2.05, 4.69) is 4.74 Å². The highest BCUT2D eigenvalue weighted by atomic mass is 32.2. The van der Waals surface area contributed by atoms with Crippen LogP contribution in [0.5, 0.6) is 5.75 Å². The number of carbonyl (C=O) groups is 1. The molecule has 2 heterocycles. The number of halogens is 5. The molecule has 1 fully saturated rings. The zero-order valence-electron chi connectivity index (χ0n) is 20.3. The van der Waals surface area contributed by atoms with Crippen molar-refractivity contribution in [2.24, 2.45) is 5.41 Å². The van der Waals surface area contributed by atoms with E-state index in [1.807, 2.05) is 6.92 Å². The summed E-state index contributed by atoms with van der Waals surface area (Å²) in [7, 11) is -3.14. The second-order valence-electron chi connectivity index (χ2n) is 9.78. The van der Waals surface area contributed by atoms with E-state index in [-0.39, 0.29) is 51.7 Å². The van der Waals surface area contributed by atoms with Crippen molar-refractivity contribution in [3.05, 3.63) is 58.5 Å². The Morgan fingerprint density at radius 1 is 1.08 bits per heavy atom. The topological polar surface area (TPSA) is 87.4 Å². The molecule has 2 aromatic carbocycles. The Bertz CT molecular complexity index is 1510. The number of hydrogen-bond donors (Lipinski definition) is 0. The number of aromatic nitrogens is 2. The lowest BCUT2D eigenvalue weighted by atomic mass is 9.78. The first-order chi connectivity index (χ1) is 17.7. The Hall–Kier alpha value is -3.22. The minimum atomic E-state index is -4.55. The highest BCUT2D eigenvalue weighted by Gasteiger charge is 2.35. The molecule has 7 nitrogen and oxygen atoms in total. The summed E-state index contributed by atoms with van der Waals surface area (Å²) >= 11 is 0. The molecule has 1 aliphatic heterocycles. The maximum atomic E-state index is 13.3. The van der Waals surface area contributed by atoms with Crippen LogP contribution in [-0.2, 0) is 16.4 Å². The van der Waals surface area contributed by atoms with Crippen LogP contribution in [-0.4, -0.2) is 47.6 Å². The SMILES string of the molecule is CC1(CC(=O)c2ccc3c(c2)n(CCC(F)(F)F)c(=O)n3-c2cccc(OC(F)F)c2)CCS(=O)(=O)CC1. The van der Waals surface area contributed by atoms with Gasteiger partial charge in [-0.1, -0.05) is 13.0 Å². The Morgan fingerprint density at radius 2 is 1.76 bits per heavy atom. The van der Waals surface area contributed by atoms with E-state index >= 15 is 0 Å². The number of ether oxygens (including phenoxy) is 1. The van der Waals surface area contributed by atoms with Crippen LogP contribution in [0.2, 0.25) is 0 Å². The van der Waals surface area contributed by atoms with Gasteiger partial charge in [0.05, 0.1) is 34.6 Å². The zero-order valence-corrected chi connectivity index (χ0v) is 21.1. The number of sulfone groups is 1. The number of fused-ring (bicyclic) bond motifs is 1. The molecule has 0 atom stereocenters. The number of imidazole rings is 1. The molecule has 13 heteroatoms. The van der Waals surface area contributed by atoms with Gasteiger partial charge in [0, 0.05) is 24.6 Å². The lowest BCUT2D eigenvalue weighted by Gasteiger charge is -2.32. The Balaban J connectivity index is 1.75. The van der Waals surface area contributed by atoms with E-state index in [0.29, 0.717) is 12.8 Å². The van der Waals surface area contributed by atoms with Gasteiger partial charge < -0.3 is 4.74 Å². The first-order valence-electron chi connectivity index (χ1n) is 11.8. The van der Waals surface area contributed by atoms with Crippen molar-refractivity contribution in [2.75, 3.05) is 11.5 Å². The number of nitrogens with zero attached hydrogens (tertiary/aromatic N) is 2. The molecule has 0 spiro atoms. The highest BCUT2D eigenvalue weighted by molar-refractivity contribution is 7.91. The number of aryl methyl sites for hydroxylation is 1. The fraction of sp³-hybridized carbons (Fsp3) is 0.440. The van der Waals surface area contributed by atoms with Crippen LogP contribution >= 0.6 is 0 Å². The number of benzene rings is 2. The van der Waals surface area contributed by atoms with Crippen LogP contribution < -0.4 is 10.4 Å². The number of alkyl halides is 5. The summed E-state index contributed by atoms with van der Waals surface area (Å²) < 4.78 is 94.4. The standard InChI is InChI=1S/C25H25F5N2O5S/c1-24(8-11-38(35,36)12-9-24)15-21(33)16-5-6-19-20(13-16)31(10-7-25(28,29)30)23(34)32(19)17-3-2-4-18(14-17)37-22(26)27/h2-6,13-14,22H,7-12,15H2,1H3. The average Bonchev–Trinajstić information content (AvgIpc) is 3.09. The molecule has 0 saturated carbocycles. The summed E-state index contributed by atoms with van der Waals surface area (Å²) in [4.78, 5) is 26.4. The number of rotatable bonds is 8. The molecule has 3 aromatic rings. The number of carbonyl (C=O) groups excluding carboxylic acids is 1. The molecule has 38 heavy (non-hydrogen) atoms. The maximum Gasteiger partial charge on any atom is 0.390 e. The summed E-state index contributed by atoms with van der Waals surface area (Å²) in [6.45, 7) is -2.01. The third kappa shape index (κ3) is 6.25. The summed E-state index contributed by atoms with van der Waals surface area (Å²) in [5.41, 5.74) is -0.879. The van der Waals surface area contributed by atoms with E-state index in [4.69, 9.17) is 0 Å². The van der Waals surface area contributed by atoms with Gasteiger partial charge in [-0.05, 0) is 48.6 Å². The van der Waals surface area contributed by atoms with Crippen LogP contribution in [0.25, 0.3) is 16.7 Å². The van der Waals surface area contributed by atoms with Crippen LogP contribution in [0, 0.1) is 5.41 Å². The second kappa shape index (κ2) is 10.2. The number of ketones is 1. The first kappa shape index (κ1) is 27.8. The van der Waals surface area contributed by atoms with Gasteiger partial charge in [-0.2, -0.15) is 22.0 Å². The molecular formula is C25H25F5N2O5S. The van der Waals surface area contributed by atoms with E-state index in [1.54, 1.807) is 0 Å². The lowest BCUT2D eigenvalue weighted by Crippen LogP contribution is -2.33. The third-order valence-corrected chi connectivity index (χ3v) is 8.44. The van der Waals surface area contributed by atoms with Crippen molar-refractivity contribution in [2.45, 2.75) is 51.9 Å². The summed E-state index contributed by atoms with van der Waals surface area (Å²) in [6, 6.07) is 9.40. The molecule has 1 aliphatic rings. The van der Waals surface area contributed by atoms with E-state index in [1.165, 1.54) is 36.4 Å². The van der Waals surface area contributed by atoms with Crippen molar-refractivity contribution < 1.29 is 39.9 Å². The minimum Gasteiger partial charge on any atom is -0.435 e. The van der Waals surface area contributed by atoms with Gasteiger partial charge in [0.2, 0.25) is 0 Å². The van der Waals surface area contributed by atoms with E-state index in [0.717, 1.165) is 15.2 Å². The second-order valence-corrected chi connectivity index (χ2v) is 12.1. The van der Waals surface area contributed by atoms with Gasteiger partial charge in [0.25, 0.3) is 0 Å². The third-order valence-electron chi connectivity index (χ3n) is 6.79. The smallest absolute Gasteiger partial charge is 0.390 e. The predicted octanol–water partition coefficient (Wildman–Crippen LogP) is 5.13. The van der Waals surface area contributed by atoms with Crippen LogP contribution in [0.4, 0.5) is 22.0 Å². The molecule has 0 aliphatic carbocycles. The lowest BCUT2D eigenvalue weighted by molar-refractivity contribution is -0.136. The van der Waals surface area contributed by atoms with Gasteiger partial charge in [-0.25, -0.2) is 13.2 Å². The molecule has 0 unspecified atom stereocenters. The zero-order chi connectivity index (χ0) is 27.9. The molecule has 0 amide bonds. The predicted molar refractivity (Wildman–Crippen MR) is 130 cm³/mol. The van der Waals surface area contributed by atoms with Gasteiger partial charge in [0.15, 0.2) is 5.78 Å². The Morgan fingerprint density at radius 3 is 2.39 bits per heavy atom. The normalized spacial score (nSPS) is 17.1. The molecule has 1 aromatic heterocycles. The van der Waals surface area contributed by atoms with Gasteiger partial charge in [-0.3, -0.25) is 13.9 Å². The largest absolute Gasteiger partial charge is 0.435 e. The van der Waals surface area contributed by atoms with Gasteiger partial charge in [-0.15, -0.1) is 0 Å². The Kier molecular flexibility index (Phi) is 7.43. The molecule has 4 rings (SSSR count).